The van der Waals surface area contributed by atoms with Crippen LogP contribution in [-0.2, 0) is 0 Å². The Morgan fingerprint density at radius 1 is 1.33 bits per heavy atom. The van der Waals surface area contributed by atoms with E-state index in [4.69, 9.17) is 15.6 Å². The van der Waals surface area contributed by atoms with E-state index in [2.05, 4.69) is 17.2 Å². The number of hydrogen-bond acceptors (Lipinski definition) is 5. The van der Waals surface area contributed by atoms with Gasteiger partial charge >= 0.3 is 0 Å². The molecule has 1 atom stereocenters. The summed E-state index contributed by atoms with van der Waals surface area (Å²) in [5.41, 5.74) is 6.11. The van der Waals surface area contributed by atoms with E-state index in [1.165, 1.54) is 0 Å². The molecule has 0 spiro atoms. The van der Waals surface area contributed by atoms with Crippen LogP contribution in [0.5, 0.6) is 5.88 Å². The standard InChI is InChI=1S/C16H29N3O2/c1-5-6-12(9-10-20)11-18-14-8-7-13(17)15(19-14)21-16(2,3)4/h7-8,12,20H,5-6,9-11,17H2,1-4H3,(H,18,19). The maximum absolute atomic E-state index is 9.09. The van der Waals surface area contributed by atoms with E-state index in [0.29, 0.717) is 17.5 Å². The van der Waals surface area contributed by atoms with Gasteiger partial charge in [-0.15, -0.1) is 0 Å². The Labute approximate surface area is 127 Å². The van der Waals surface area contributed by atoms with E-state index in [1.807, 2.05) is 26.8 Å². The molecule has 5 nitrogen and oxygen atoms in total. The summed E-state index contributed by atoms with van der Waals surface area (Å²) in [6, 6.07) is 3.66. The predicted molar refractivity (Wildman–Crippen MR) is 87.6 cm³/mol. The quantitative estimate of drug-likeness (QED) is 0.687. The smallest absolute Gasteiger partial charge is 0.239 e. The van der Waals surface area contributed by atoms with Crippen molar-refractivity contribution >= 4 is 11.5 Å². The molecule has 1 rings (SSSR count). The molecule has 0 bridgehead atoms. The van der Waals surface area contributed by atoms with Crippen LogP contribution >= 0.6 is 0 Å². The molecule has 0 saturated heterocycles. The highest BCUT2D eigenvalue weighted by Gasteiger charge is 2.16. The Bertz CT molecular complexity index is 424. The van der Waals surface area contributed by atoms with E-state index in [0.717, 1.165) is 31.6 Å². The van der Waals surface area contributed by atoms with Crippen LogP contribution in [-0.4, -0.2) is 28.8 Å². The molecule has 0 aliphatic rings. The minimum atomic E-state index is -0.332. The van der Waals surface area contributed by atoms with E-state index < -0.39 is 0 Å². The first-order chi connectivity index (χ1) is 9.85. The van der Waals surface area contributed by atoms with Crippen LogP contribution in [0.4, 0.5) is 11.5 Å². The normalized spacial score (nSPS) is 13.0. The molecule has 5 heteroatoms. The number of nitrogens with two attached hydrogens (primary N) is 1. The zero-order valence-electron chi connectivity index (χ0n) is 13.6. The number of nitrogen functional groups attached to an aromatic ring is 1. The van der Waals surface area contributed by atoms with Gasteiger partial charge in [0.15, 0.2) is 0 Å². The van der Waals surface area contributed by atoms with E-state index in [1.54, 1.807) is 6.07 Å². The van der Waals surface area contributed by atoms with Crippen LogP contribution in [0.1, 0.15) is 47.0 Å². The number of ether oxygens (including phenoxy) is 1. The summed E-state index contributed by atoms with van der Waals surface area (Å²) in [5.74, 6) is 1.66. The van der Waals surface area contributed by atoms with Crippen molar-refractivity contribution in [3.63, 3.8) is 0 Å². The molecule has 0 amide bonds. The lowest BCUT2D eigenvalue weighted by molar-refractivity contribution is 0.125. The summed E-state index contributed by atoms with van der Waals surface area (Å²) in [7, 11) is 0. The molecule has 0 aliphatic heterocycles. The van der Waals surface area contributed by atoms with Crippen molar-refractivity contribution < 1.29 is 9.84 Å². The fourth-order valence-corrected chi connectivity index (χ4v) is 2.11. The zero-order chi connectivity index (χ0) is 15.9. The topological polar surface area (TPSA) is 80.4 Å². The minimum Gasteiger partial charge on any atom is -0.470 e. The average molecular weight is 295 g/mol. The second-order valence-corrected chi connectivity index (χ2v) is 6.35. The number of aromatic nitrogens is 1. The van der Waals surface area contributed by atoms with Gasteiger partial charge in [0.25, 0.3) is 0 Å². The lowest BCUT2D eigenvalue weighted by Gasteiger charge is -2.22. The van der Waals surface area contributed by atoms with Crippen LogP contribution in [0, 0.1) is 5.92 Å². The summed E-state index contributed by atoms with van der Waals surface area (Å²) in [4.78, 5) is 4.43. The second kappa shape index (κ2) is 8.08. The Balaban J connectivity index is 2.69. The highest BCUT2D eigenvalue weighted by Crippen LogP contribution is 2.25. The van der Waals surface area contributed by atoms with Crippen molar-refractivity contribution in [3.8, 4) is 5.88 Å². The minimum absolute atomic E-state index is 0.222. The third-order valence-electron chi connectivity index (χ3n) is 3.10. The van der Waals surface area contributed by atoms with Gasteiger partial charge in [0.05, 0.1) is 5.69 Å². The molecule has 0 aliphatic carbocycles. The molecule has 1 unspecified atom stereocenters. The fourth-order valence-electron chi connectivity index (χ4n) is 2.11. The van der Waals surface area contributed by atoms with Gasteiger partial charge in [-0.2, -0.15) is 4.98 Å². The highest BCUT2D eigenvalue weighted by molar-refractivity contribution is 5.53. The number of aliphatic hydroxyl groups excluding tert-OH is 1. The van der Waals surface area contributed by atoms with Gasteiger partial charge in [0.1, 0.15) is 11.4 Å². The van der Waals surface area contributed by atoms with Crippen molar-refractivity contribution in [3.05, 3.63) is 12.1 Å². The second-order valence-electron chi connectivity index (χ2n) is 6.35. The Hall–Kier alpha value is -1.49. The Morgan fingerprint density at radius 2 is 2.05 bits per heavy atom. The first-order valence-electron chi connectivity index (χ1n) is 7.66. The number of nitrogens with one attached hydrogen (secondary N) is 1. The van der Waals surface area contributed by atoms with Crippen molar-refractivity contribution in [1.29, 1.82) is 0 Å². The lowest BCUT2D eigenvalue weighted by Crippen LogP contribution is -2.24. The van der Waals surface area contributed by atoms with Crippen molar-refractivity contribution in [1.82, 2.24) is 4.98 Å². The number of anilines is 2. The predicted octanol–water partition coefficient (Wildman–Crippen LogP) is 3.05. The van der Waals surface area contributed by atoms with Crippen LogP contribution in [0.25, 0.3) is 0 Å². The average Bonchev–Trinajstić information content (AvgIpc) is 2.38. The monoisotopic (exact) mass is 295 g/mol. The highest BCUT2D eigenvalue weighted by atomic mass is 16.5. The summed E-state index contributed by atoms with van der Waals surface area (Å²) in [6.45, 7) is 9.06. The Kier molecular flexibility index (Phi) is 6.75. The molecule has 120 valence electrons. The first kappa shape index (κ1) is 17.6. The largest absolute Gasteiger partial charge is 0.470 e. The third kappa shape index (κ3) is 6.67. The summed E-state index contributed by atoms with van der Waals surface area (Å²) in [6.07, 6.45) is 3.01. The maximum atomic E-state index is 9.09. The molecule has 21 heavy (non-hydrogen) atoms. The first-order valence-corrected chi connectivity index (χ1v) is 7.66. The number of nitrogens with zero attached hydrogens (tertiary/aromatic N) is 1. The van der Waals surface area contributed by atoms with Crippen LogP contribution in [0.3, 0.4) is 0 Å². The molecule has 1 heterocycles. The SMILES string of the molecule is CCCC(CCO)CNc1ccc(N)c(OC(C)(C)C)n1. The maximum Gasteiger partial charge on any atom is 0.239 e. The van der Waals surface area contributed by atoms with E-state index in [-0.39, 0.29) is 12.2 Å². The number of aliphatic hydroxyl groups is 1. The third-order valence-corrected chi connectivity index (χ3v) is 3.10. The molecule has 0 saturated carbocycles. The van der Waals surface area contributed by atoms with Crippen molar-refractivity contribution in [2.45, 2.75) is 52.6 Å². The molecule has 0 radical (unpaired) electrons. The van der Waals surface area contributed by atoms with E-state index in [9.17, 15) is 0 Å². The van der Waals surface area contributed by atoms with Gasteiger partial charge in [-0.1, -0.05) is 13.3 Å². The molecule has 0 fully saturated rings. The van der Waals surface area contributed by atoms with Crippen LogP contribution < -0.4 is 15.8 Å². The Morgan fingerprint density at radius 3 is 2.62 bits per heavy atom. The summed E-state index contributed by atoms with van der Waals surface area (Å²) in [5, 5.41) is 12.4. The van der Waals surface area contributed by atoms with Gasteiger partial charge in [-0.05, 0) is 51.7 Å². The zero-order valence-corrected chi connectivity index (χ0v) is 13.6. The van der Waals surface area contributed by atoms with Gasteiger partial charge in [-0.25, -0.2) is 0 Å². The van der Waals surface area contributed by atoms with Gasteiger partial charge in [0.2, 0.25) is 5.88 Å². The summed E-state index contributed by atoms with van der Waals surface area (Å²) >= 11 is 0. The molecular formula is C16H29N3O2. The fraction of sp³-hybridized carbons (Fsp3) is 0.688. The van der Waals surface area contributed by atoms with E-state index >= 15 is 0 Å². The van der Waals surface area contributed by atoms with Gasteiger partial charge in [-0.3, -0.25) is 0 Å². The van der Waals surface area contributed by atoms with Crippen LogP contribution in [0.15, 0.2) is 12.1 Å². The number of rotatable bonds is 8. The van der Waals surface area contributed by atoms with Crippen molar-refractivity contribution in [2.24, 2.45) is 5.92 Å². The molecule has 1 aromatic heterocycles. The van der Waals surface area contributed by atoms with Crippen LogP contribution in [0.2, 0.25) is 0 Å². The molecule has 4 N–H and O–H groups in total. The number of hydrogen-bond donors (Lipinski definition) is 3. The molecule has 1 aromatic rings. The van der Waals surface area contributed by atoms with Crippen molar-refractivity contribution in [2.75, 3.05) is 24.2 Å². The molecular weight excluding hydrogens is 266 g/mol. The molecule has 0 aromatic carbocycles. The van der Waals surface area contributed by atoms with Gasteiger partial charge in [0, 0.05) is 13.2 Å². The summed E-state index contributed by atoms with van der Waals surface area (Å²) < 4.78 is 5.76. The van der Waals surface area contributed by atoms with Gasteiger partial charge < -0.3 is 20.9 Å². The lowest BCUT2D eigenvalue weighted by atomic mass is 10.0. The number of pyridine rings is 1.